The molecule has 0 aliphatic carbocycles. The van der Waals surface area contributed by atoms with Crippen molar-refractivity contribution in [3.05, 3.63) is 49.1 Å². The van der Waals surface area contributed by atoms with Crippen molar-refractivity contribution in [3.8, 4) is 0 Å². The van der Waals surface area contributed by atoms with E-state index in [2.05, 4.69) is 11.9 Å². The minimum atomic E-state index is -1.16. The van der Waals surface area contributed by atoms with E-state index in [0.29, 0.717) is 12.3 Å². The van der Waals surface area contributed by atoms with Gasteiger partial charge in [0.2, 0.25) is 0 Å². The zero-order valence-electron chi connectivity index (χ0n) is 21.9. The number of carbonyl (C=O) groups is 2. The maximum absolute atomic E-state index is 13.4. The second-order valence-electron chi connectivity index (χ2n) is 10.5. The quantitative estimate of drug-likeness (QED) is 0.535. The van der Waals surface area contributed by atoms with E-state index in [1.54, 1.807) is 30.9 Å². The molecular weight excluding hydrogens is 480 g/mol. The fourth-order valence-electron chi connectivity index (χ4n) is 4.21. The van der Waals surface area contributed by atoms with Crippen LogP contribution in [-0.4, -0.2) is 72.6 Å². The fourth-order valence-corrected chi connectivity index (χ4v) is 5.28. The molecule has 198 valence electrons. The number of ether oxygens (including phenoxy) is 3. The lowest BCUT2D eigenvalue weighted by molar-refractivity contribution is -0.334. The Hall–Kier alpha value is -2.17. The number of hydrogen-bond acceptors (Lipinski definition) is 7. The molecule has 0 radical (unpaired) electrons. The predicted octanol–water partition coefficient (Wildman–Crippen LogP) is 3.29. The minimum Gasteiger partial charge on any atom is -0.387 e. The number of allylic oxidation sites excluding steroid dienone is 1. The Bertz CT molecular complexity index is 989. The largest absolute Gasteiger partial charge is 0.387 e. The Kier molecular flexibility index (Phi) is 9.06. The van der Waals surface area contributed by atoms with Gasteiger partial charge in [-0.3, -0.25) is 9.59 Å². The highest BCUT2D eigenvalue weighted by Crippen LogP contribution is 2.35. The van der Waals surface area contributed by atoms with Gasteiger partial charge in [-0.2, -0.15) is 0 Å². The number of para-hydroxylation sites is 1. The number of nitrogens with zero attached hydrogens (tertiary/aromatic N) is 1. The van der Waals surface area contributed by atoms with Gasteiger partial charge >= 0.3 is 0 Å². The highest BCUT2D eigenvalue weighted by molar-refractivity contribution is 7.99. The molecule has 3 rings (SSSR count). The van der Waals surface area contributed by atoms with Crippen molar-refractivity contribution in [1.29, 1.82) is 0 Å². The summed E-state index contributed by atoms with van der Waals surface area (Å²) in [7, 11) is 1.38. The third-order valence-corrected chi connectivity index (χ3v) is 7.02. The Morgan fingerprint density at radius 3 is 2.69 bits per heavy atom. The maximum Gasteiger partial charge on any atom is 0.252 e. The predicted molar refractivity (Wildman–Crippen MR) is 141 cm³/mol. The Balaban J connectivity index is 1.81. The number of aliphatic hydroxyl groups excluding tert-OH is 1. The number of benzene rings is 1. The summed E-state index contributed by atoms with van der Waals surface area (Å²) >= 11 is 1.50. The smallest absolute Gasteiger partial charge is 0.252 e. The Morgan fingerprint density at radius 1 is 1.36 bits per heavy atom. The Labute approximate surface area is 218 Å². The minimum absolute atomic E-state index is 0.120. The van der Waals surface area contributed by atoms with Gasteiger partial charge in [0.15, 0.2) is 11.9 Å². The SMILES string of the molecule is C=CCN1C(=O)C(NC(=O)[C@H](OC)[C@@H]2OC(C)(C)O[C@H](/C=C/C(C)(C)C)[C@@H]2O)CSc2ccccc21. The molecule has 2 aliphatic rings. The number of anilines is 1. The van der Waals surface area contributed by atoms with Gasteiger partial charge in [0, 0.05) is 24.3 Å². The van der Waals surface area contributed by atoms with Crippen molar-refractivity contribution in [2.75, 3.05) is 24.3 Å². The lowest BCUT2D eigenvalue weighted by atomic mass is 9.93. The molecule has 0 bridgehead atoms. The first-order valence-electron chi connectivity index (χ1n) is 12.1. The number of thioether (sulfide) groups is 1. The van der Waals surface area contributed by atoms with E-state index in [4.69, 9.17) is 14.2 Å². The van der Waals surface area contributed by atoms with Crippen LogP contribution in [0.15, 0.2) is 54.0 Å². The molecule has 2 amide bonds. The van der Waals surface area contributed by atoms with E-state index < -0.39 is 42.2 Å². The van der Waals surface area contributed by atoms with E-state index in [1.807, 2.05) is 51.1 Å². The lowest BCUT2D eigenvalue weighted by Gasteiger charge is -2.45. The molecule has 1 fully saturated rings. The molecule has 2 aliphatic heterocycles. The third-order valence-electron chi connectivity index (χ3n) is 5.86. The molecular formula is C27H38N2O6S. The number of methoxy groups -OCH3 is 1. The fraction of sp³-hybridized carbons (Fsp3) is 0.556. The number of fused-ring (bicyclic) bond motifs is 1. The van der Waals surface area contributed by atoms with Crippen LogP contribution in [0.5, 0.6) is 0 Å². The first-order valence-corrected chi connectivity index (χ1v) is 13.1. The van der Waals surface area contributed by atoms with E-state index in [9.17, 15) is 14.7 Å². The van der Waals surface area contributed by atoms with Crippen molar-refractivity contribution >= 4 is 29.3 Å². The standard InChI is InChI=1S/C27H38N2O6S/c1-8-15-29-18-11-9-10-12-20(18)36-16-17(25(29)32)28-24(31)23(33-7)22-21(30)19(13-14-26(2,3)4)34-27(5,6)35-22/h8-14,17,19,21-23,30H,1,15-16H2,2-7H3,(H,28,31)/b14-13+/t17?,19-,21+,22-,23-/m1/s1. The van der Waals surface area contributed by atoms with Gasteiger partial charge in [-0.1, -0.05) is 51.1 Å². The van der Waals surface area contributed by atoms with E-state index in [1.165, 1.54) is 18.9 Å². The molecule has 1 aromatic carbocycles. The van der Waals surface area contributed by atoms with Crippen molar-refractivity contribution in [2.45, 2.75) is 75.8 Å². The number of hydrogen-bond donors (Lipinski definition) is 2. The number of carbonyl (C=O) groups excluding carboxylic acids is 2. The molecule has 2 N–H and O–H groups in total. The number of amides is 2. The van der Waals surface area contributed by atoms with Crippen LogP contribution in [0.4, 0.5) is 5.69 Å². The summed E-state index contributed by atoms with van der Waals surface area (Å²) in [4.78, 5) is 29.4. The maximum atomic E-state index is 13.4. The second kappa shape index (κ2) is 11.5. The van der Waals surface area contributed by atoms with Crippen LogP contribution in [0.25, 0.3) is 0 Å². The highest BCUT2D eigenvalue weighted by atomic mass is 32.2. The second-order valence-corrected chi connectivity index (χ2v) is 11.6. The van der Waals surface area contributed by atoms with Crippen molar-refractivity contribution in [2.24, 2.45) is 5.41 Å². The summed E-state index contributed by atoms with van der Waals surface area (Å²) in [6, 6.07) is 6.82. The van der Waals surface area contributed by atoms with Gasteiger partial charge in [0.05, 0.1) is 5.69 Å². The summed E-state index contributed by atoms with van der Waals surface area (Å²) < 4.78 is 17.4. The van der Waals surface area contributed by atoms with E-state index in [0.717, 1.165) is 10.6 Å². The summed E-state index contributed by atoms with van der Waals surface area (Å²) in [5, 5.41) is 13.9. The first kappa shape index (κ1) is 28.4. The molecule has 8 nitrogen and oxygen atoms in total. The van der Waals surface area contributed by atoms with Crippen LogP contribution in [0.1, 0.15) is 34.6 Å². The molecule has 2 heterocycles. The number of aliphatic hydroxyl groups is 1. The van der Waals surface area contributed by atoms with Crippen LogP contribution in [0, 0.1) is 5.41 Å². The zero-order chi connectivity index (χ0) is 26.7. The highest BCUT2D eigenvalue weighted by Gasteiger charge is 2.48. The molecule has 0 saturated carbocycles. The normalized spacial score (nSPS) is 27.3. The molecule has 1 unspecified atom stereocenters. The van der Waals surface area contributed by atoms with Crippen molar-refractivity contribution in [3.63, 3.8) is 0 Å². The van der Waals surface area contributed by atoms with Crippen molar-refractivity contribution < 1.29 is 28.9 Å². The van der Waals surface area contributed by atoms with Crippen LogP contribution in [-0.2, 0) is 23.8 Å². The summed E-state index contributed by atoms with van der Waals surface area (Å²) in [6.07, 6.45) is 1.37. The summed E-state index contributed by atoms with van der Waals surface area (Å²) in [5.41, 5.74) is 0.664. The molecule has 0 aromatic heterocycles. The molecule has 0 spiro atoms. The average Bonchev–Trinajstić information content (AvgIpc) is 2.92. The molecule has 9 heteroatoms. The third kappa shape index (κ3) is 6.77. The lowest BCUT2D eigenvalue weighted by Crippen LogP contribution is -2.62. The van der Waals surface area contributed by atoms with Gasteiger partial charge in [-0.15, -0.1) is 18.3 Å². The van der Waals surface area contributed by atoms with Crippen LogP contribution < -0.4 is 10.2 Å². The van der Waals surface area contributed by atoms with Crippen LogP contribution in [0.2, 0.25) is 0 Å². The number of nitrogens with one attached hydrogen (secondary N) is 1. The van der Waals surface area contributed by atoms with E-state index in [-0.39, 0.29) is 11.3 Å². The van der Waals surface area contributed by atoms with Gasteiger partial charge < -0.3 is 29.5 Å². The molecule has 1 saturated heterocycles. The molecule has 36 heavy (non-hydrogen) atoms. The molecule has 1 aromatic rings. The monoisotopic (exact) mass is 518 g/mol. The van der Waals surface area contributed by atoms with Crippen molar-refractivity contribution in [1.82, 2.24) is 5.32 Å². The van der Waals surface area contributed by atoms with Gasteiger partial charge in [0.1, 0.15) is 24.4 Å². The van der Waals surface area contributed by atoms with E-state index >= 15 is 0 Å². The van der Waals surface area contributed by atoms with Gasteiger partial charge in [0.25, 0.3) is 11.8 Å². The van der Waals surface area contributed by atoms with Crippen LogP contribution >= 0.6 is 11.8 Å². The first-order chi connectivity index (χ1) is 16.9. The molecule has 5 atom stereocenters. The van der Waals surface area contributed by atoms with Gasteiger partial charge in [-0.05, 0) is 31.4 Å². The topological polar surface area (TPSA) is 97.3 Å². The summed E-state index contributed by atoms with van der Waals surface area (Å²) in [5.74, 6) is -1.49. The summed E-state index contributed by atoms with van der Waals surface area (Å²) in [6.45, 7) is 13.7. The average molecular weight is 519 g/mol. The number of rotatable bonds is 7. The zero-order valence-corrected chi connectivity index (χ0v) is 22.7. The van der Waals surface area contributed by atoms with Crippen LogP contribution in [0.3, 0.4) is 0 Å². The van der Waals surface area contributed by atoms with Gasteiger partial charge in [-0.25, -0.2) is 0 Å². The Morgan fingerprint density at radius 2 is 2.06 bits per heavy atom.